The predicted molar refractivity (Wildman–Crippen MR) is 95.4 cm³/mol. The van der Waals surface area contributed by atoms with Crippen LogP contribution in [0.3, 0.4) is 0 Å². The number of thiophene rings is 1. The van der Waals surface area contributed by atoms with Crippen LogP contribution in [0.1, 0.15) is 28.8 Å². The maximum atomic E-state index is 12.6. The van der Waals surface area contributed by atoms with Crippen molar-refractivity contribution >= 4 is 28.8 Å². The summed E-state index contributed by atoms with van der Waals surface area (Å²) >= 11 is 1.54. The van der Waals surface area contributed by atoms with Gasteiger partial charge in [0, 0.05) is 42.5 Å². The summed E-state index contributed by atoms with van der Waals surface area (Å²) in [4.78, 5) is 29.0. The van der Waals surface area contributed by atoms with Crippen LogP contribution in [0.25, 0.3) is 0 Å². The van der Waals surface area contributed by atoms with Crippen LogP contribution in [0, 0.1) is 12.3 Å². The molecule has 2 amide bonds. The Kier molecular flexibility index (Phi) is 3.68. The van der Waals surface area contributed by atoms with Crippen LogP contribution in [0.4, 0.5) is 5.69 Å². The molecule has 4 rings (SSSR count). The van der Waals surface area contributed by atoms with Crippen LogP contribution in [-0.2, 0) is 4.79 Å². The van der Waals surface area contributed by atoms with Crippen LogP contribution in [0.5, 0.6) is 0 Å². The van der Waals surface area contributed by atoms with Crippen molar-refractivity contribution < 1.29 is 9.59 Å². The number of nitrogens with zero attached hydrogens (tertiary/aromatic N) is 2. The lowest BCUT2D eigenvalue weighted by Gasteiger charge is -2.25. The summed E-state index contributed by atoms with van der Waals surface area (Å²) in [6.45, 7) is 4.16. The second-order valence-electron chi connectivity index (χ2n) is 6.93. The highest BCUT2D eigenvalue weighted by molar-refractivity contribution is 7.08. The van der Waals surface area contributed by atoms with Gasteiger partial charge in [0.1, 0.15) is 0 Å². The highest BCUT2D eigenvalue weighted by Gasteiger charge is 2.49. The molecule has 2 aromatic rings. The summed E-state index contributed by atoms with van der Waals surface area (Å²) < 4.78 is 0. The van der Waals surface area contributed by atoms with Crippen molar-refractivity contribution in [2.45, 2.75) is 19.8 Å². The van der Waals surface area contributed by atoms with Gasteiger partial charge in [-0.15, -0.1) is 0 Å². The molecule has 1 atom stereocenters. The van der Waals surface area contributed by atoms with Crippen LogP contribution < -0.4 is 4.90 Å². The number of likely N-dealkylation sites (tertiary alicyclic amines) is 1. The van der Waals surface area contributed by atoms with Crippen LogP contribution in [0.15, 0.2) is 41.1 Å². The zero-order valence-electron chi connectivity index (χ0n) is 13.7. The van der Waals surface area contributed by atoms with E-state index in [9.17, 15) is 9.59 Å². The van der Waals surface area contributed by atoms with Gasteiger partial charge in [-0.05, 0) is 36.4 Å². The summed E-state index contributed by atoms with van der Waals surface area (Å²) in [5.74, 6) is 0.268. The predicted octanol–water partition coefficient (Wildman–Crippen LogP) is 3.33. The van der Waals surface area contributed by atoms with Gasteiger partial charge in [-0.25, -0.2) is 0 Å². The van der Waals surface area contributed by atoms with Crippen LogP contribution in [-0.4, -0.2) is 36.3 Å². The summed E-state index contributed by atoms with van der Waals surface area (Å²) in [5.41, 5.74) is 2.79. The molecule has 0 saturated carbocycles. The molecule has 1 spiro atoms. The van der Waals surface area contributed by atoms with Gasteiger partial charge in [-0.1, -0.05) is 18.2 Å². The monoisotopic (exact) mass is 340 g/mol. The molecule has 0 bridgehead atoms. The quantitative estimate of drug-likeness (QED) is 0.841. The van der Waals surface area contributed by atoms with Crippen molar-refractivity contribution in [3.05, 3.63) is 52.2 Å². The standard InChI is InChI=1S/C19H20N2O2S/c1-14-4-2-3-5-16(14)21-13-19(10-17(21)22)7-8-20(12-19)18(23)15-6-9-24-11-15/h2-6,9,11H,7-8,10,12-13H2,1H3. The number of para-hydroxylation sites is 1. The highest BCUT2D eigenvalue weighted by atomic mass is 32.1. The van der Waals surface area contributed by atoms with Crippen molar-refractivity contribution in [3.63, 3.8) is 0 Å². The van der Waals surface area contributed by atoms with Gasteiger partial charge in [0.2, 0.25) is 5.91 Å². The molecule has 2 aliphatic heterocycles. The van der Waals surface area contributed by atoms with Crippen molar-refractivity contribution in [1.82, 2.24) is 4.90 Å². The fraction of sp³-hybridized carbons (Fsp3) is 0.368. The van der Waals surface area contributed by atoms with E-state index in [1.807, 2.05) is 57.8 Å². The molecule has 0 aliphatic carbocycles. The lowest BCUT2D eigenvalue weighted by atomic mass is 9.86. The van der Waals surface area contributed by atoms with E-state index in [4.69, 9.17) is 0 Å². The Balaban J connectivity index is 1.53. The van der Waals surface area contributed by atoms with Gasteiger partial charge in [-0.3, -0.25) is 9.59 Å². The summed E-state index contributed by atoms with van der Waals surface area (Å²) in [5, 5.41) is 3.82. The molecule has 24 heavy (non-hydrogen) atoms. The maximum Gasteiger partial charge on any atom is 0.254 e. The summed E-state index contributed by atoms with van der Waals surface area (Å²) in [6, 6.07) is 9.88. The lowest BCUT2D eigenvalue weighted by Crippen LogP contribution is -2.34. The van der Waals surface area contributed by atoms with Crippen molar-refractivity contribution in [1.29, 1.82) is 0 Å². The first-order valence-electron chi connectivity index (χ1n) is 8.25. The van der Waals surface area contributed by atoms with Gasteiger partial charge < -0.3 is 9.80 Å². The largest absolute Gasteiger partial charge is 0.338 e. The summed E-state index contributed by atoms with van der Waals surface area (Å²) in [6.07, 6.45) is 1.44. The zero-order valence-corrected chi connectivity index (χ0v) is 14.5. The average molecular weight is 340 g/mol. The molecule has 4 nitrogen and oxygen atoms in total. The topological polar surface area (TPSA) is 40.6 Å². The Morgan fingerprint density at radius 1 is 1.21 bits per heavy atom. The Morgan fingerprint density at radius 3 is 2.79 bits per heavy atom. The Bertz CT molecular complexity index is 786. The van der Waals surface area contributed by atoms with E-state index < -0.39 is 0 Å². The van der Waals surface area contributed by atoms with E-state index >= 15 is 0 Å². The number of rotatable bonds is 2. The minimum atomic E-state index is -0.0922. The van der Waals surface area contributed by atoms with Gasteiger partial charge in [-0.2, -0.15) is 11.3 Å². The molecule has 0 N–H and O–H groups in total. The van der Waals surface area contributed by atoms with E-state index in [-0.39, 0.29) is 17.2 Å². The van der Waals surface area contributed by atoms with E-state index in [0.29, 0.717) is 19.5 Å². The molecular weight excluding hydrogens is 320 g/mol. The zero-order chi connectivity index (χ0) is 16.7. The van der Waals surface area contributed by atoms with Crippen molar-refractivity contribution in [3.8, 4) is 0 Å². The third kappa shape index (κ3) is 2.53. The number of carbonyl (C=O) groups excluding carboxylic acids is 2. The van der Waals surface area contributed by atoms with Gasteiger partial charge in [0.15, 0.2) is 0 Å². The molecule has 124 valence electrons. The van der Waals surface area contributed by atoms with Crippen molar-refractivity contribution in [2.75, 3.05) is 24.5 Å². The maximum absolute atomic E-state index is 12.6. The molecule has 0 radical (unpaired) electrons. The highest BCUT2D eigenvalue weighted by Crippen LogP contribution is 2.42. The lowest BCUT2D eigenvalue weighted by molar-refractivity contribution is -0.117. The number of carbonyl (C=O) groups is 2. The molecule has 1 unspecified atom stereocenters. The Hall–Kier alpha value is -2.14. The normalized spacial score (nSPS) is 23.5. The minimum Gasteiger partial charge on any atom is -0.338 e. The fourth-order valence-corrected chi connectivity index (χ4v) is 4.56. The molecule has 3 heterocycles. The second-order valence-corrected chi connectivity index (χ2v) is 7.71. The Labute approximate surface area is 145 Å². The molecule has 2 saturated heterocycles. The first-order valence-corrected chi connectivity index (χ1v) is 9.20. The van der Waals surface area contributed by atoms with Gasteiger partial charge >= 0.3 is 0 Å². The van der Waals surface area contributed by atoms with E-state index in [0.717, 1.165) is 29.8 Å². The van der Waals surface area contributed by atoms with Crippen molar-refractivity contribution in [2.24, 2.45) is 5.41 Å². The van der Waals surface area contributed by atoms with E-state index in [1.54, 1.807) is 11.3 Å². The average Bonchev–Trinajstić information content (AvgIpc) is 3.29. The number of hydrogen-bond donors (Lipinski definition) is 0. The number of amides is 2. The second kappa shape index (κ2) is 5.74. The first-order chi connectivity index (χ1) is 11.6. The van der Waals surface area contributed by atoms with Gasteiger partial charge in [0.05, 0.1) is 5.56 Å². The molecule has 5 heteroatoms. The minimum absolute atomic E-state index is 0.0922. The van der Waals surface area contributed by atoms with E-state index in [1.165, 1.54) is 0 Å². The number of aryl methyl sites for hydroxylation is 1. The molecular formula is C19H20N2O2S. The fourth-order valence-electron chi connectivity index (χ4n) is 3.93. The SMILES string of the molecule is Cc1ccccc1N1CC2(CCN(C(=O)c3ccsc3)C2)CC1=O. The molecule has 1 aromatic carbocycles. The van der Waals surface area contributed by atoms with Crippen LogP contribution >= 0.6 is 11.3 Å². The molecule has 1 aromatic heterocycles. The van der Waals surface area contributed by atoms with Gasteiger partial charge in [0.25, 0.3) is 5.91 Å². The third-order valence-corrected chi connectivity index (χ3v) is 5.90. The molecule has 2 fully saturated rings. The smallest absolute Gasteiger partial charge is 0.254 e. The number of benzene rings is 1. The number of anilines is 1. The van der Waals surface area contributed by atoms with E-state index in [2.05, 4.69) is 0 Å². The molecule has 2 aliphatic rings. The number of hydrogen-bond acceptors (Lipinski definition) is 3. The Morgan fingerprint density at radius 2 is 2.04 bits per heavy atom. The van der Waals surface area contributed by atoms with Crippen LogP contribution in [0.2, 0.25) is 0 Å². The third-order valence-electron chi connectivity index (χ3n) is 5.22. The first kappa shape index (κ1) is 15.4. The summed E-state index contributed by atoms with van der Waals surface area (Å²) in [7, 11) is 0.